The molecule has 2 amide bonds. The standard InChI is InChI=1S/C11H23N3O5S/c1-4-13-20(18,19)6-5-12-11(17)14-9(10(15)16)7-8(2)3/h8-9,13H,4-7H2,1-3H3,(H,15,16)(H2,12,14,17). The predicted octanol–water partition coefficient (Wildman–Crippen LogP) is -0.276. The van der Waals surface area contributed by atoms with Crippen LogP contribution in [0, 0.1) is 5.92 Å². The lowest BCUT2D eigenvalue weighted by Gasteiger charge is -2.16. The summed E-state index contributed by atoms with van der Waals surface area (Å²) in [7, 11) is -3.40. The Morgan fingerprint density at radius 3 is 2.30 bits per heavy atom. The Labute approximate surface area is 119 Å². The summed E-state index contributed by atoms with van der Waals surface area (Å²) in [4.78, 5) is 22.4. The first kappa shape index (κ1) is 18.7. The minimum Gasteiger partial charge on any atom is -0.480 e. The minimum atomic E-state index is -3.40. The number of hydrogen-bond donors (Lipinski definition) is 4. The van der Waals surface area contributed by atoms with E-state index in [9.17, 15) is 18.0 Å². The van der Waals surface area contributed by atoms with Crippen LogP contribution >= 0.6 is 0 Å². The molecule has 0 fully saturated rings. The van der Waals surface area contributed by atoms with E-state index in [0.29, 0.717) is 6.42 Å². The summed E-state index contributed by atoms with van der Waals surface area (Å²) in [5.41, 5.74) is 0. The molecule has 0 saturated carbocycles. The van der Waals surface area contributed by atoms with Crippen LogP contribution in [0.2, 0.25) is 0 Å². The van der Waals surface area contributed by atoms with Crippen molar-refractivity contribution < 1.29 is 23.1 Å². The Hall–Kier alpha value is -1.35. The van der Waals surface area contributed by atoms with Gasteiger partial charge in [0.15, 0.2) is 0 Å². The molecule has 8 nitrogen and oxygen atoms in total. The summed E-state index contributed by atoms with van der Waals surface area (Å²) < 4.78 is 24.9. The number of urea groups is 1. The molecule has 4 N–H and O–H groups in total. The average molecular weight is 309 g/mol. The molecule has 0 aliphatic rings. The normalized spacial score (nSPS) is 13.0. The van der Waals surface area contributed by atoms with Crippen molar-refractivity contribution in [3.63, 3.8) is 0 Å². The van der Waals surface area contributed by atoms with E-state index in [0.717, 1.165) is 0 Å². The number of amides is 2. The number of carboxylic acids is 1. The second-order valence-corrected chi connectivity index (χ2v) is 6.66. The lowest BCUT2D eigenvalue weighted by Crippen LogP contribution is -2.47. The third kappa shape index (κ3) is 8.70. The molecule has 0 rings (SSSR count). The molecule has 0 aromatic heterocycles. The summed E-state index contributed by atoms with van der Waals surface area (Å²) in [6.07, 6.45) is 0.304. The van der Waals surface area contributed by atoms with E-state index in [2.05, 4.69) is 15.4 Å². The average Bonchev–Trinajstić information content (AvgIpc) is 2.26. The van der Waals surface area contributed by atoms with Crippen molar-refractivity contribution in [1.82, 2.24) is 15.4 Å². The Kier molecular flexibility index (Phi) is 8.16. The van der Waals surface area contributed by atoms with Crippen LogP contribution in [-0.2, 0) is 14.8 Å². The zero-order valence-corrected chi connectivity index (χ0v) is 12.8. The van der Waals surface area contributed by atoms with Crippen molar-refractivity contribution in [3.8, 4) is 0 Å². The SMILES string of the molecule is CCNS(=O)(=O)CCNC(=O)NC(CC(C)C)C(=O)O. The van der Waals surface area contributed by atoms with Crippen LogP contribution in [0.15, 0.2) is 0 Å². The summed E-state index contributed by atoms with van der Waals surface area (Å²) >= 11 is 0. The molecule has 0 aromatic carbocycles. The van der Waals surface area contributed by atoms with Crippen LogP contribution in [0.4, 0.5) is 4.79 Å². The number of hydrogen-bond acceptors (Lipinski definition) is 4. The smallest absolute Gasteiger partial charge is 0.326 e. The highest BCUT2D eigenvalue weighted by atomic mass is 32.2. The quantitative estimate of drug-likeness (QED) is 0.466. The largest absolute Gasteiger partial charge is 0.480 e. The molecule has 0 aliphatic heterocycles. The zero-order chi connectivity index (χ0) is 15.8. The molecule has 0 aromatic rings. The maximum Gasteiger partial charge on any atom is 0.326 e. The van der Waals surface area contributed by atoms with Crippen LogP contribution in [0.5, 0.6) is 0 Å². The Morgan fingerprint density at radius 1 is 1.25 bits per heavy atom. The molecule has 118 valence electrons. The molecule has 0 heterocycles. The van der Waals surface area contributed by atoms with Gasteiger partial charge in [-0.3, -0.25) is 0 Å². The summed E-state index contributed by atoms with van der Waals surface area (Å²) in [6, 6.07) is -1.68. The van der Waals surface area contributed by atoms with Gasteiger partial charge >= 0.3 is 12.0 Å². The number of rotatable bonds is 9. The second kappa shape index (κ2) is 8.75. The highest BCUT2D eigenvalue weighted by molar-refractivity contribution is 7.89. The zero-order valence-electron chi connectivity index (χ0n) is 12.0. The van der Waals surface area contributed by atoms with Gasteiger partial charge in [0.05, 0.1) is 5.75 Å². The van der Waals surface area contributed by atoms with Gasteiger partial charge in [-0.1, -0.05) is 20.8 Å². The molecule has 20 heavy (non-hydrogen) atoms. The molecule has 0 spiro atoms. The highest BCUT2D eigenvalue weighted by Gasteiger charge is 2.21. The van der Waals surface area contributed by atoms with E-state index in [4.69, 9.17) is 5.11 Å². The first-order valence-corrected chi connectivity index (χ1v) is 8.07. The van der Waals surface area contributed by atoms with Crippen LogP contribution in [-0.4, -0.2) is 50.4 Å². The van der Waals surface area contributed by atoms with Gasteiger partial charge < -0.3 is 15.7 Å². The lowest BCUT2D eigenvalue weighted by molar-refractivity contribution is -0.139. The molecule has 9 heteroatoms. The monoisotopic (exact) mass is 309 g/mol. The first-order chi connectivity index (χ1) is 9.18. The van der Waals surface area contributed by atoms with Gasteiger partial charge in [-0.25, -0.2) is 22.7 Å². The molecule has 0 saturated heterocycles. The molecule has 0 aliphatic carbocycles. The van der Waals surface area contributed by atoms with E-state index in [1.165, 1.54) is 0 Å². The number of sulfonamides is 1. The molecular weight excluding hydrogens is 286 g/mol. The predicted molar refractivity (Wildman–Crippen MR) is 74.9 cm³/mol. The molecular formula is C11H23N3O5S. The Balaban J connectivity index is 4.18. The molecule has 1 atom stereocenters. The fourth-order valence-corrected chi connectivity index (χ4v) is 2.45. The third-order valence-corrected chi connectivity index (χ3v) is 3.80. The van der Waals surface area contributed by atoms with Crippen LogP contribution in [0.25, 0.3) is 0 Å². The van der Waals surface area contributed by atoms with E-state index < -0.39 is 28.1 Å². The van der Waals surface area contributed by atoms with Gasteiger partial charge in [0.25, 0.3) is 0 Å². The molecule has 1 unspecified atom stereocenters. The number of nitrogens with one attached hydrogen (secondary N) is 3. The van der Waals surface area contributed by atoms with Crippen molar-refractivity contribution in [1.29, 1.82) is 0 Å². The van der Waals surface area contributed by atoms with Crippen molar-refractivity contribution in [2.45, 2.75) is 33.2 Å². The van der Waals surface area contributed by atoms with Crippen molar-refractivity contribution in [2.75, 3.05) is 18.8 Å². The Morgan fingerprint density at radius 2 is 1.85 bits per heavy atom. The number of carboxylic acid groups (broad SMARTS) is 1. The van der Waals surface area contributed by atoms with E-state index >= 15 is 0 Å². The number of aliphatic carboxylic acids is 1. The Bertz CT molecular complexity index is 422. The number of carbonyl (C=O) groups excluding carboxylic acids is 1. The van der Waals surface area contributed by atoms with E-state index in [1.54, 1.807) is 6.92 Å². The summed E-state index contributed by atoms with van der Waals surface area (Å²) in [5.74, 6) is -1.25. The van der Waals surface area contributed by atoms with Crippen LogP contribution in [0.3, 0.4) is 0 Å². The topological polar surface area (TPSA) is 125 Å². The van der Waals surface area contributed by atoms with E-state index in [1.807, 2.05) is 13.8 Å². The van der Waals surface area contributed by atoms with Gasteiger partial charge in [-0.05, 0) is 12.3 Å². The minimum absolute atomic E-state index is 0.0881. The summed E-state index contributed by atoms with van der Waals surface area (Å²) in [5, 5.41) is 13.6. The van der Waals surface area contributed by atoms with Gasteiger partial charge in [0.2, 0.25) is 10.0 Å². The van der Waals surface area contributed by atoms with Crippen molar-refractivity contribution in [2.24, 2.45) is 5.92 Å². The van der Waals surface area contributed by atoms with Crippen LogP contribution in [0.1, 0.15) is 27.2 Å². The van der Waals surface area contributed by atoms with Crippen LogP contribution < -0.4 is 15.4 Å². The van der Waals surface area contributed by atoms with E-state index in [-0.39, 0.29) is 24.8 Å². The van der Waals surface area contributed by atoms with Crippen molar-refractivity contribution >= 4 is 22.0 Å². The fraction of sp³-hybridized carbons (Fsp3) is 0.818. The van der Waals surface area contributed by atoms with Gasteiger partial charge in [-0.2, -0.15) is 0 Å². The maximum absolute atomic E-state index is 11.5. The highest BCUT2D eigenvalue weighted by Crippen LogP contribution is 2.04. The molecule has 0 radical (unpaired) electrons. The molecule has 0 bridgehead atoms. The van der Waals surface area contributed by atoms with Gasteiger partial charge in [0, 0.05) is 13.1 Å². The summed E-state index contributed by atoms with van der Waals surface area (Å²) in [6.45, 7) is 5.54. The van der Waals surface area contributed by atoms with Gasteiger partial charge in [0.1, 0.15) is 6.04 Å². The number of carbonyl (C=O) groups is 2. The van der Waals surface area contributed by atoms with Crippen molar-refractivity contribution in [3.05, 3.63) is 0 Å². The fourth-order valence-electron chi connectivity index (χ4n) is 1.49. The lowest BCUT2D eigenvalue weighted by atomic mass is 10.0. The van der Waals surface area contributed by atoms with Gasteiger partial charge in [-0.15, -0.1) is 0 Å². The maximum atomic E-state index is 11.5. The second-order valence-electron chi connectivity index (χ2n) is 4.74. The third-order valence-electron chi connectivity index (χ3n) is 2.33. The first-order valence-electron chi connectivity index (χ1n) is 6.42.